The van der Waals surface area contributed by atoms with Crippen LogP contribution >= 0.6 is 7.82 Å². The Kier molecular flexibility index (Phi) is 43.2. The van der Waals surface area contributed by atoms with E-state index in [1.165, 1.54) is 116 Å². The number of carboxylic acid groups (broad SMARTS) is 1. The van der Waals surface area contributed by atoms with Crippen LogP contribution in [-0.2, 0) is 37.5 Å². The number of carbonyl (C=O) groups excluding carboxylic acids is 2. The highest BCUT2D eigenvalue weighted by Gasteiger charge is 2.28. The minimum absolute atomic E-state index is 0.135. The number of phosphoric ester groups is 1. The molecule has 0 fully saturated rings. The Bertz CT molecular complexity index is 1240. The van der Waals surface area contributed by atoms with Crippen LogP contribution in [0.2, 0.25) is 0 Å². The molecule has 1 unspecified atom stereocenters. The molecule has 0 amide bonds. The smallest absolute Gasteiger partial charge is 0.472 e. The van der Waals surface area contributed by atoms with Gasteiger partial charge in [-0.25, -0.2) is 4.57 Å². The molecule has 360 valence electrons. The van der Waals surface area contributed by atoms with E-state index in [1.54, 1.807) is 0 Å². The molecule has 0 aliphatic rings. The van der Waals surface area contributed by atoms with Gasteiger partial charge < -0.3 is 25.2 Å². The Hall–Kier alpha value is -2.56. The summed E-state index contributed by atoms with van der Waals surface area (Å²) in [6.07, 6.45) is 51.7. The molecule has 0 radical (unpaired) electrons. The lowest BCUT2D eigenvalue weighted by Gasteiger charge is -2.20. The van der Waals surface area contributed by atoms with Crippen LogP contribution in [0.25, 0.3) is 0 Å². The van der Waals surface area contributed by atoms with Gasteiger partial charge in [0.1, 0.15) is 12.6 Å². The molecule has 11 nitrogen and oxygen atoms in total. The molecule has 0 bridgehead atoms. The van der Waals surface area contributed by atoms with Crippen molar-refractivity contribution in [2.75, 3.05) is 19.8 Å². The summed E-state index contributed by atoms with van der Waals surface area (Å²) in [7, 11) is -4.73. The standard InChI is InChI=1S/C50H90NO10P/c1-3-5-7-9-11-13-15-17-19-21-22-23-24-26-27-29-31-33-35-37-39-41-48(52)58-43-46(44-59-62(56,57)60-45-47(51)50(54)55)61-49(53)42-40-38-36-34-32-30-28-25-20-18-16-14-12-10-8-6-4-2/h12,14,17-20,28,30,46-47H,3-11,13,15-16,21-27,29,31-45,51H2,1-2H3,(H,54,55)(H,56,57)/b14-12+,19-17+,20-18+,30-28+/t46-,47+/m1/s1. The second-order valence-corrected chi connectivity index (χ2v) is 18.0. The van der Waals surface area contributed by atoms with E-state index < -0.39 is 51.1 Å². The van der Waals surface area contributed by atoms with Gasteiger partial charge in [-0.05, 0) is 77.0 Å². The van der Waals surface area contributed by atoms with Crippen LogP contribution in [0.4, 0.5) is 0 Å². The van der Waals surface area contributed by atoms with Crippen molar-refractivity contribution in [2.45, 2.75) is 231 Å². The number of phosphoric acid groups is 1. The maximum atomic E-state index is 12.7. The molecule has 0 aliphatic carbocycles. The first-order valence-corrected chi connectivity index (χ1v) is 26.2. The van der Waals surface area contributed by atoms with Crippen molar-refractivity contribution in [2.24, 2.45) is 5.73 Å². The molecule has 0 aliphatic heterocycles. The van der Waals surface area contributed by atoms with Gasteiger partial charge in [-0.1, -0.05) is 178 Å². The predicted molar refractivity (Wildman–Crippen MR) is 254 cm³/mol. The molecule has 0 saturated heterocycles. The fourth-order valence-corrected chi connectivity index (χ4v) is 7.43. The first kappa shape index (κ1) is 59.4. The summed E-state index contributed by atoms with van der Waals surface area (Å²) < 4.78 is 32.8. The molecule has 0 rings (SSSR count). The Morgan fingerprint density at radius 2 is 0.855 bits per heavy atom. The van der Waals surface area contributed by atoms with Crippen LogP contribution in [0.1, 0.15) is 219 Å². The van der Waals surface area contributed by atoms with Crippen LogP contribution in [0, 0.1) is 0 Å². The number of carboxylic acids is 1. The first-order chi connectivity index (χ1) is 30.1. The Morgan fingerprint density at radius 1 is 0.500 bits per heavy atom. The zero-order chi connectivity index (χ0) is 45.6. The highest BCUT2D eigenvalue weighted by atomic mass is 31.2. The van der Waals surface area contributed by atoms with E-state index in [0.717, 1.165) is 64.2 Å². The molecule has 0 aromatic heterocycles. The summed E-state index contributed by atoms with van der Waals surface area (Å²) in [6.45, 7) is 2.77. The van der Waals surface area contributed by atoms with E-state index in [1.807, 2.05) is 0 Å². The third-order valence-corrected chi connectivity index (χ3v) is 11.5. The fraction of sp³-hybridized carbons (Fsp3) is 0.780. The van der Waals surface area contributed by atoms with Gasteiger partial charge in [-0.2, -0.15) is 0 Å². The maximum Gasteiger partial charge on any atom is 0.472 e. The van der Waals surface area contributed by atoms with E-state index >= 15 is 0 Å². The second-order valence-electron chi connectivity index (χ2n) is 16.6. The average Bonchev–Trinajstić information content (AvgIpc) is 3.25. The van der Waals surface area contributed by atoms with Crippen molar-refractivity contribution in [1.82, 2.24) is 0 Å². The molecule has 0 heterocycles. The molecule has 62 heavy (non-hydrogen) atoms. The summed E-state index contributed by atoms with van der Waals surface area (Å²) in [5, 5.41) is 8.91. The normalized spacial score (nSPS) is 14.0. The zero-order valence-corrected chi connectivity index (χ0v) is 40.1. The predicted octanol–water partition coefficient (Wildman–Crippen LogP) is 13.7. The SMILES string of the molecule is CCCCC/C=C/C/C=C/C/C=C/CCCCCCC(=O)O[C@H](COC(=O)CCCCCCCCCCCCC/C=C/CCCCCCCC)COP(=O)(O)OC[C@H](N)C(=O)O. The molecular formula is C50H90NO10P. The number of ether oxygens (including phenoxy) is 2. The molecular weight excluding hydrogens is 806 g/mol. The highest BCUT2D eigenvalue weighted by molar-refractivity contribution is 7.47. The fourth-order valence-electron chi connectivity index (χ4n) is 6.66. The van der Waals surface area contributed by atoms with E-state index in [0.29, 0.717) is 12.8 Å². The molecule has 3 atom stereocenters. The van der Waals surface area contributed by atoms with E-state index in [9.17, 15) is 23.8 Å². The van der Waals surface area contributed by atoms with E-state index in [-0.39, 0.29) is 19.4 Å². The minimum atomic E-state index is -4.73. The largest absolute Gasteiger partial charge is 0.480 e. The zero-order valence-electron chi connectivity index (χ0n) is 39.2. The van der Waals surface area contributed by atoms with Crippen LogP contribution in [0.3, 0.4) is 0 Å². The number of nitrogens with two attached hydrogens (primary N) is 1. The Labute approximate surface area is 377 Å². The van der Waals surface area contributed by atoms with Crippen molar-refractivity contribution in [3.8, 4) is 0 Å². The highest BCUT2D eigenvalue weighted by Crippen LogP contribution is 2.43. The van der Waals surface area contributed by atoms with E-state index in [2.05, 4.69) is 67.0 Å². The lowest BCUT2D eigenvalue weighted by atomic mass is 10.0. The second kappa shape index (κ2) is 45.0. The molecule has 4 N–H and O–H groups in total. The summed E-state index contributed by atoms with van der Waals surface area (Å²) in [4.78, 5) is 46.1. The van der Waals surface area contributed by atoms with Gasteiger partial charge in [0.2, 0.25) is 0 Å². The van der Waals surface area contributed by atoms with Gasteiger partial charge in [0.05, 0.1) is 13.2 Å². The summed E-state index contributed by atoms with van der Waals surface area (Å²) in [5.74, 6) is -2.40. The van der Waals surface area contributed by atoms with Crippen LogP contribution < -0.4 is 5.73 Å². The number of aliphatic carboxylic acids is 1. The van der Waals surface area contributed by atoms with Gasteiger partial charge in [0.15, 0.2) is 6.10 Å². The quantitative estimate of drug-likeness (QED) is 0.0230. The van der Waals surface area contributed by atoms with Crippen molar-refractivity contribution in [3.05, 3.63) is 48.6 Å². The van der Waals surface area contributed by atoms with E-state index in [4.69, 9.17) is 24.8 Å². The summed E-state index contributed by atoms with van der Waals surface area (Å²) in [5.41, 5.74) is 5.34. The Morgan fingerprint density at radius 3 is 1.32 bits per heavy atom. The number of esters is 2. The minimum Gasteiger partial charge on any atom is -0.480 e. The van der Waals surface area contributed by atoms with Crippen molar-refractivity contribution < 1.29 is 47.5 Å². The van der Waals surface area contributed by atoms with Crippen molar-refractivity contribution >= 4 is 25.7 Å². The average molecular weight is 896 g/mol. The monoisotopic (exact) mass is 896 g/mol. The number of unbranched alkanes of at least 4 members (excludes halogenated alkanes) is 24. The molecule has 12 heteroatoms. The third kappa shape index (κ3) is 44.1. The van der Waals surface area contributed by atoms with Gasteiger partial charge in [0, 0.05) is 12.8 Å². The number of hydrogen-bond acceptors (Lipinski definition) is 9. The number of rotatable bonds is 46. The Balaban J connectivity index is 4.29. The number of hydrogen-bond donors (Lipinski definition) is 3. The van der Waals surface area contributed by atoms with Gasteiger partial charge in [-0.3, -0.25) is 23.4 Å². The third-order valence-electron chi connectivity index (χ3n) is 10.5. The topological polar surface area (TPSA) is 172 Å². The lowest BCUT2D eigenvalue weighted by Crippen LogP contribution is -2.34. The van der Waals surface area contributed by atoms with Crippen molar-refractivity contribution in [3.63, 3.8) is 0 Å². The van der Waals surface area contributed by atoms with Crippen LogP contribution in [-0.4, -0.2) is 59.9 Å². The van der Waals surface area contributed by atoms with Gasteiger partial charge >= 0.3 is 25.7 Å². The summed E-state index contributed by atoms with van der Waals surface area (Å²) in [6, 6.07) is -1.53. The van der Waals surface area contributed by atoms with Gasteiger partial charge in [0.25, 0.3) is 0 Å². The van der Waals surface area contributed by atoms with Crippen molar-refractivity contribution in [1.29, 1.82) is 0 Å². The number of allylic oxidation sites excluding steroid dienone is 8. The molecule has 0 aromatic carbocycles. The lowest BCUT2D eigenvalue weighted by molar-refractivity contribution is -0.161. The molecule has 0 saturated carbocycles. The van der Waals surface area contributed by atoms with Crippen LogP contribution in [0.5, 0.6) is 0 Å². The number of carbonyl (C=O) groups is 3. The van der Waals surface area contributed by atoms with Gasteiger partial charge in [-0.15, -0.1) is 0 Å². The maximum absolute atomic E-state index is 12.7. The first-order valence-electron chi connectivity index (χ1n) is 24.7. The molecule has 0 spiro atoms. The molecule has 0 aromatic rings. The van der Waals surface area contributed by atoms with Crippen LogP contribution in [0.15, 0.2) is 48.6 Å². The summed E-state index contributed by atoms with van der Waals surface area (Å²) >= 11 is 0.